The van der Waals surface area contributed by atoms with Crippen LogP contribution in [-0.2, 0) is 14.3 Å². The van der Waals surface area contributed by atoms with Crippen molar-refractivity contribution < 1.29 is 24.5 Å². The summed E-state index contributed by atoms with van der Waals surface area (Å²) in [5.74, 6) is -1.83. The fourth-order valence-corrected chi connectivity index (χ4v) is 1.27. The summed E-state index contributed by atoms with van der Waals surface area (Å²) in [6.45, 7) is 0. The first kappa shape index (κ1) is 10.6. The van der Waals surface area contributed by atoms with Gasteiger partial charge in [-0.15, -0.1) is 0 Å². The molecular weight excluding hydrogens is 190 g/mol. The molecule has 0 amide bonds. The van der Waals surface area contributed by atoms with E-state index in [1.807, 2.05) is 0 Å². The average molecular weight is 201 g/mol. The zero-order valence-corrected chi connectivity index (χ0v) is 7.64. The highest BCUT2D eigenvalue weighted by molar-refractivity contribution is 6.37. The number of aliphatic imine (C=N–C) groups is 1. The van der Waals surface area contributed by atoms with E-state index in [9.17, 15) is 14.7 Å². The molecule has 0 saturated carbocycles. The van der Waals surface area contributed by atoms with Gasteiger partial charge in [-0.2, -0.15) is 0 Å². The number of esters is 1. The van der Waals surface area contributed by atoms with Gasteiger partial charge in [0.25, 0.3) is 0 Å². The van der Waals surface area contributed by atoms with Gasteiger partial charge in [-0.3, -0.25) is 4.99 Å². The number of carbonyl (C=O) groups excluding carboxylic acids is 1. The topological polar surface area (TPSA) is 96.2 Å². The predicted octanol–water partition coefficient (Wildman–Crippen LogP) is -0.792. The maximum Gasteiger partial charge on any atom is 0.352 e. The van der Waals surface area contributed by atoms with E-state index < -0.39 is 24.1 Å². The van der Waals surface area contributed by atoms with E-state index in [2.05, 4.69) is 9.73 Å². The first-order valence-corrected chi connectivity index (χ1v) is 4.10. The van der Waals surface area contributed by atoms with E-state index in [-0.39, 0.29) is 18.6 Å². The van der Waals surface area contributed by atoms with Crippen LogP contribution in [0.25, 0.3) is 0 Å². The van der Waals surface area contributed by atoms with Crippen molar-refractivity contribution in [3.8, 4) is 0 Å². The van der Waals surface area contributed by atoms with E-state index in [1.165, 1.54) is 7.11 Å². The third-order valence-electron chi connectivity index (χ3n) is 1.94. The van der Waals surface area contributed by atoms with Gasteiger partial charge in [0.15, 0.2) is 0 Å². The number of nitrogens with zero attached hydrogens (tertiary/aromatic N) is 1. The quantitative estimate of drug-likeness (QED) is 0.570. The number of carboxylic acids is 1. The summed E-state index contributed by atoms with van der Waals surface area (Å²) in [5, 5.41) is 17.9. The van der Waals surface area contributed by atoms with Crippen LogP contribution < -0.4 is 0 Å². The molecule has 2 atom stereocenters. The molecule has 2 N–H and O–H groups in total. The highest BCUT2D eigenvalue weighted by atomic mass is 16.5. The summed E-state index contributed by atoms with van der Waals surface area (Å²) in [6, 6.07) is -1.05. The average Bonchev–Trinajstić information content (AvgIpc) is 2.15. The first-order chi connectivity index (χ1) is 6.54. The van der Waals surface area contributed by atoms with Gasteiger partial charge in [-0.05, 0) is 0 Å². The van der Waals surface area contributed by atoms with Crippen molar-refractivity contribution in [3.05, 3.63) is 0 Å². The third kappa shape index (κ3) is 2.29. The zero-order chi connectivity index (χ0) is 10.7. The van der Waals surface area contributed by atoms with Crippen LogP contribution in [0.15, 0.2) is 4.99 Å². The monoisotopic (exact) mass is 201 g/mol. The molecule has 1 rings (SSSR count). The van der Waals surface area contributed by atoms with Crippen LogP contribution in [0.2, 0.25) is 0 Å². The fourth-order valence-electron chi connectivity index (χ4n) is 1.27. The van der Waals surface area contributed by atoms with Gasteiger partial charge >= 0.3 is 11.9 Å². The summed E-state index contributed by atoms with van der Waals surface area (Å²) < 4.78 is 4.39. The zero-order valence-electron chi connectivity index (χ0n) is 7.64. The summed E-state index contributed by atoms with van der Waals surface area (Å²) >= 11 is 0. The molecule has 0 saturated heterocycles. The van der Waals surface area contributed by atoms with Gasteiger partial charge in [0.05, 0.1) is 13.2 Å². The van der Waals surface area contributed by atoms with Crippen LogP contribution in [-0.4, -0.2) is 47.1 Å². The van der Waals surface area contributed by atoms with E-state index in [1.54, 1.807) is 0 Å². The molecule has 0 bridgehead atoms. The highest BCUT2D eigenvalue weighted by Gasteiger charge is 2.30. The van der Waals surface area contributed by atoms with Crippen molar-refractivity contribution in [2.75, 3.05) is 7.11 Å². The Kier molecular flexibility index (Phi) is 3.19. The SMILES string of the molecule is COC(=O)C1=NC(C(=O)O)CC(O)C1. The molecule has 0 aliphatic carbocycles. The molecular formula is C8H11NO5. The number of carboxylic acid groups (broad SMARTS) is 1. The molecule has 0 fully saturated rings. The van der Waals surface area contributed by atoms with E-state index in [4.69, 9.17) is 5.11 Å². The van der Waals surface area contributed by atoms with Crippen LogP contribution in [0, 0.1) is 0 Å². The molecule has 0 spiro atoms. The molecule has 0 aromatic carbocycles. The van der Waals surface area contributed by atoms with E-state index >= 15 is 0 Å². The van der Waals surface area contributed by atoms with Gasteiger partial charge in [-0.25, -0.2) is 9.59 Å². The molecule has 6 nitrogen and oxygen atoms in total. The third-order valence-corrected chi connectivity index (χ3v) is 1.94. The smallest absolute Gasteiger partial charge is 0.352 e. The lowest BCUT2D eigenvalue weighted by molar-refractivity contribution is -0.139. The Hall–Kier alpha value is -1.43. The molecule has 1 aliphatic heterocycles. The van der Waals surface area contributed by atoms with Gasteiger partial charge in [0.2, 0.25) is 0 Å². The summed E-state index contributed by atoms with van der Waals surface area (Å²) in [4.78, 5) is 25.3. The summed E-state index contributed by atoms with van der Waals surface area (Å²) in [5.41, 5.74) is -0.0151. The Balaban J connectivity index is 2.83. The van der Waals surface area contributed by atoms with Gasteiger partial charge in [0, 0.05) is 12.8 Å². The second-order valence-corrected chi connectivity index (χ2v) is 3.02. The Labute approximate surface area is 80.2 Å². The van der Waals surface area contributed by atoms with Crippen LogP contribution in [0.5, 0.6) is 0 Å². The second-order valence-electron chi connectivity index (χ2n) is 3.02. The lowest BCUT2D eigenvalue weighted by Gasteiger charge is -2.20. The minimum Gasteiger partial charge on any atom is -0.480 e. The Morgan fingerprint density at radius 1 is 1.57 bits per heavy atom. The van der Waals surface area contributed by atoms with E-state index in [0.717, 1.165) is 0 Å². The second kappa shape index (κ2) is 4.19. The Bertz CT molecular complexity index is 285. The van der Waals surface area contributed by atoms with Gasteiger partial charge < -0.3 is 14.9 Å². The lowest BCUT2D eigenvalue weighted by atomic mass is 10.00. The number of rotatable bonds is 2. The number of ether oxygens (including phenoxy) is 1. The van der Waals surface area contributed by atoms with Gasteiger partial charge in [-0.1, -0.05) is 0 Å². The van der Waals surface area contributed by atoms with Crippen molar-refractivity contribution in [1.29, 1.82) is 0 Å². The minimum atomic E-state index is -1.15. The molecule has 78 valence electrons. The van der Waals surface area contributed by atoms with Crippen LogP contribution in [0.3, 0.4) is 0 Å². The van der Waals surface area contributed by atoms with Crippen molar-refractivity contribution in [2.24, 2.45) is 4.99 Å². The normalized spacial score (nSPS) is 26.6. The Morgan fingerprint density at radius 2 is 2.21 bits per heavy atom. The summed E-state index contributed by atoms with van der Waals surface area (Å²) in [6.07, 6.45) is -0.755. The lowest BCUT2D eigenvalue weighted by Crippen LogP contribution is -2.35. The number of methoxy groups -OCH3 is 1. The molecule has 6 heteroatoms. The van der Waals surface area contributed by atoms with Crippen molar-refractivity contribution in [1.82, 2.24) is 0 Å². The number of aliphatic hydroxyl groups excluding tert-OH is 1. The first-order valence-electron chi connectivity index (χ1n) is 4.10. The molecule has 1 heterocycles. The van der Waals surface area contributed by atoms with Crippen LogP contribution in [0.4, 0.5) is 0 Å². The molecule has 0 aromatic heterocycles. The largest absolute Gasteiger partial charge is 0.480 e. The maximum atomic E-state index is 11.0. The number of aliphatic carboxylic acids is 1. The Morgan fingerprint density at radius 3 is 2.71 bits per heavy atom. The molecule has 14 heavy (non-hydrogen) atoms. The van der Waals surface area contributed by atoms with Crippen molar-refractivity contribution in [3.63, 3.8) is 0 Å². The number of hydrogen-bond acceptors (Lipinski definition) is 5. The number of aliphatic hydroxyl groups is 1. The molecule has 0 aromatic rings. The van der Waals surface area contributed by atoms with Gasteiger partial charge in [0.1, 0.15) is 11.8 Å². The number of hydrogen-bond donors (Lipinski definition) is 2. The molecule has 2 unspecified atom stereocenters. The minimum absolute atomic E-state index is 0.0151. The maximum absolute atomic E-state index is 11.0. The van der Waals surface area contributed by atoms with E-state index in [0.29, 0.717) is 0 Å². The molecule has 1 aliphatic rings. The van der Waals surface area contributed by atoms with Crippen molar-refractivity contribution >= 4 is 17.7 Å². The predicted molar refractivity (Wildman–Crippen MR) is 46.1 cm³/mol. The molecule has 0 radical (unpaired) electrons. The number of carbonyl (C=O) groups is 2. The van der Waals surface area contributed by atoms with Crippen molar-refractivity contribution in [2.45, 2.75) is 25.0 Å². The summed E-state index contributed by atoms with van der Waals surface area (Å²) in [7, 11) is 1.18. The fraction of sp³-hybridized carbons (Fsp3) is 0.625. The highest BCUT2D eigenvalue weighted by Crippen LogP contribution is 2.15. The van der Waals surface area contributed by atoms with Crippen LogP contribution in [0.1, 0.15) is 12.8 Å². The standard InChI is InChI=1S/C8H11NO5/c1-14-8(13)6-3-4(10)2-5(9-6)7(11)12/h4-5,10H,2-3H2,1H3,(H,11,12). The van der Waals surface area contributed by atoms with Crippen LogP contribution >= 0.6 is 0 Å².